The van der Waals surface area contributed by atoms with E-state index in [2.05, 4.69) is 10.3 Å². The van der Waals surface area contributed by atoms with E-state index in [4.69, 9.17) is 0 Å². The normalized spacial score (nSPS) is 34.0. The van der Waals surface area contributed by atoms with Gasteiger partial charge in [0, 0.05) is 0 Å². The topological polar surface area (TPSA) is 24.4 Å². The predicted molar refractivity (Wildman–Crippen MR) is 47.6 cm³/mol. The minimum Gasteiger partial charge on any atom is -0.361 e. The van der Waals surface area contributed by atoms with Crippen molar-refractivity contribution in [3.05, 3.63) is 0 Å². The molecule has 98 valence electrons. The van der Waals surface area contributed by atoms with E-state index in [0.29, 0.717) is 0 Å². The van der Waals surface area contributed by atoms with Crippen molar-refractivity contribution >= 4 is 5.84 Å². The van der Waals surface area contributed by atoms with Crippen molar-refractivity contribution in [2.75, 3.05) is 0 Å². The van der Waals surface area contributed by atoms with Crippen LogP contribution in [-0.2, 0) is 0 Å². The lowest BCUT2D eigenvalue weighted by Gasteiger charge is -2.31. The van der Waals surface area contributed by atoms with E-state index in [1.165, 1.54) is 0 Å². The number of amidine groups is 1. The lowest BCUT2D eigenvalue weighted by Crippen LogP contribution is -2.45. The van der Waals surface area contributed by atoms with Crippen LogP contribution in [0.1, 0.15) is 19.3 Å². The Kier molecular flexibility index (Phi) is 2.78. The van der Waals surface area contributed by atoms with Crippen LogP contribution in [0.15, 0.2) is 4.99 Å². The third kappa shape index (κ3) is 2.50. The molecule has 0 aromatic rings. The molecule has 3 atom stereocenters. The van der Waals surface area contributed by atoms with Crippen LogP contribution in [0, 0.1) is 5.92 Å². The van der Waals surface area contributed by atoms with Crippen LogP contribution in [0.4, 0.5) is 26.3 Å². The maximum atomic E-state index is 12.4. The van der Waals surface area contributed by atoms with E-state index in [0.717, 1.165) is 0 Å². The highest BCUT2D eigenvalue weighted by Gasteiger charge is 2.50. The van der Waals surface area contributed by atoms with Crippen LogP contribution in [0.2, 0.25) is 0 Å². The van der Waals surface area contributed by atoms with E-state index in [1.54, 1.807) is 0 Å². The molecule has 2 rings (SSSR count). The van der Waals surface area contributed by atoms with Crippen molar-refractivity contribution in [3.8, 4) is 0 Å². The average molecular weight is 260 g/mol. The number of aliphatic imine (C=N–C) groups is 1. The summed E-state index contributed by atoms with van der Waals surface area (Å²) in [6.07, 6.45) is -9.39. The summed E-state index contributed by atoms with van der Waals surface area (Å²) in [6, 6.07) is -1.52. The SMILES string of the molecule is FC(F)(F)C1=NC2CCC(C(F)(F)F)CC2N1. The Balaban J connectivity index is 2.04. The maximum Gasteiger partial charge on any atom is 0.448 e. The summed E-state index contributed by atoms with van der Waals surface area (Å²) in [5.74, 6) is -2.67. The molecule has 1 aliphatic heterocycles. The third-order valence-electron chi connectivity index (χ3n) is 3.16. The van der Waals surface area contributed by atoms with Crippen molar-refractivity contribution in [1.82, 2.24) is 5.32 Å². The van der Waals surface area contributed by atoms with Gasteiger partial charge in [-0.05, 0) is 19.3 Å². The van der Waals surface area contributed by atoms with Gasteiger partial charge in [-0.1, -0.05) is 0 Å². The first-order chi connectivity index (χ1) is 7.68. The molecule has 0 amide bonds. The van der Waals surface area contributed by atoms with Gasteiger partial charge in [0.05, 0.1) is 18.0 Å². The second-order valence-corrected chi connectivity index (χ2v) is 4.35. The quantitative estimate of drug-likeness (QED) is 0.665. The third-order valence-corrected chi connectivity index (χ3v) is 3.16. The van der Waals surface area contributed by atoms with Gasteiger partial charge in [0.15, 0.2) is 0 Å². The second kappa shape index (κ2) is 3.78. The lowest BCUT2D eigenvalue weighted by atomic mass is 9.83. The van der Waals surface area contributed by atoms with Gasteiger partial charge in [0.1, 0.15) is 0 Å². The van der Waals surface area contributed by atoms with Crippen LogP contribution in [-0.4, -0.2) is 30.3 Å². The fourth-order valence-electron chi connectivity index (χ4n) is 2.30. The van der Waals surface area contributed by atoms with Crippen molar-refractivity contribution in [2.24, 2.45) is 10.9 Å². The minimum atomic E-state index is -4.61. The molecule has 1 aliphatic carbocycles. The van der Waals surface area contributed by atoms with Gasteiger partial charge in [0.25, 0.3) is 0 Å². The fourth-order valence-corrected chi connectivity index (χ4v) is 2.30. The van der Waals surface area contributed by atoms with Crippen molar-refractivity contribution in [1.29, 1.82) is 0 Å². The molecule has 0 aromatic carbocycles. The van der Waals surface area contributed by atoms with E-state index >= 15 is 0 Å². The van der Waals surface area contributed by atoms with E-state index in [-0.39, 0.29) is 19.3 Å². The number of halogens is 6. The summed E-state index contributed by atoms with van der Waals surface area (Å²) < 4.78 is 74.3. The van der Waals surface area contributed by atoms with E-state index < -0.39 is 36.2 Å². The summed E-state index contributed by atoms with van der Waals surface area (Å²) in [4.78, 5) is 3.41. The smallest absolute Gasteiger partial charge is 0.361 e. The molecule has 2 nitrogen and oxygen atoms in total. The van der Waals surface area contributed by atoms with Crippen LogP contribution in [0.3, 0.4) is 0 Å². The number of hydrogen-bond donors (Lipinski definition) is 1. The van der Waals surface area contributed by atoms with Crippen LogP contribution in [0.25, 0.3) is 0 Å². The summed E-state index contributed by atoms with van der Waals surface area (Å²) in [6.45, 7) is 0. The second-order valence-electron chi connectivity index (χ2n) is 4.35. The molecule has 1 fully saturated rings. The highest BCUT2D eigenvalue weighted by molar-refractivity contribution is 5.89. The van der Waals surface area contributed by atoms with Crippen molar-refractivity contribution < 1.29 is 26.3 Å². The molecule has 0 bridgehead atoms. The zero-order chi connectivity index (χ0) is 12.8. The molecule has 0 radical (unpaired) electrons. The molecule has 0 spiro atoms. The van der Waals surface area contributed by atoms with Crippen LogP contribution >= 0.6 is 0 Å². The van der Waals surface area contributed by atoms with Crippen molar-refractivity contribution in [2.45, 2.75) is 43.7 Å². The molecule has 0 aromatic heterocycles. The van der Waals surface area contributed by atoms with Gasteiger partial charge >= 0.3 is 12.4 Å². The summed E-state index contributed by atoms with van der Waals surface area (Å²) in [5, 5.41) is 2.06. The Morgan fingerprint density at radius 3 is 2.24 bits per heavy atom. The zero-order valence-corrected chi connectivity index (χ0v) is 8.57. The van der Waals surface area contributed by atoms with Crippen molar-refractivity contribution in [3.63, 3.8) is 0 Å². The molecule has 1 heterocycles. The minimum absolute atomic E-state index is 0.0431. The molecule has 3 unspecified atom stereocenters. The van der Waals surface area contributed by atoms with Gasteiger partial charge in [0.2, 0.25) is 5.84 Å². The van der Waals surface area contributed by atoms with Gasteiger partial charge in [-0.3, -0.25) is 4.99 Å². The molecule has 2 aliphatic rings. The molecule has 17 heavy (non-hydrogen) atoms. The standard InChI is InChI=1S/C9H10F6N2/c10-8(11,12)4-1-2-5-6(3-4)17-7(16-5)9(13,14)15/h4-6H,1-3H2,(H,16,17). The number of fused-ring (bicyclic) bond motifs is 1. The Labute approximate surface area is 93.1 Å². The molecular formula is C9H10F6N2. The Hall–Kier alpha value is -0.950. The number of alkyl halides is 6. The van der Waals surface area contributed by atoms with Crippen LogP contribution in [0.5, 0.6) is 0 Å². The van der Waals surface area contributed by atoms with Gasteiger partial charge < -0.3 is 5.32 Å². The number of nitrogens with one attached hydrogen (secondary N) is 1. The predicted octanol–water partition coefficient (Wildman–Crippen LogP) is 2.65. The summed E-state index contributed by atoms with van der Waals surface area (Å²) in [5.41, 5.74) is 0. The lowest BCUT2D eigenvalue weighted by molar-refractivity contribution is -0.183. The highest BCUT2D eigenvalue weighted by atomic mass is 19.4. The van der Waals surface area contributed by atoms with Gasteiger partial charge in [-0.15, -0.1) is 0 Å². The average Bonchev–Trinajstić information content (AvgIpc) is 2.57. The van der Waals surface area contributed by atoms with Crippen LogP contribution < -0.4 is 5.32 Å². The number of nitrogens with zero attached hydrogens (tertiary/aromatic N) is 1. The Bertz CT molecular complexity index is 331. The van der Waals surface area contributed by atoms with E-state index in [9.17, 15) is 26.3 Å². The summed E-state index contributed by atoms with van der Waals surface area (Å²) in [7, 11) is 0. The first kappa shape index (κ1) is 12.5. The fraction of sp³-hybridized carbons (Fsp3) is 0.889. The monoisotopic (exact) mass is 260 g/mol. The largest absolute Gasteiger partial charge is 0.448 e. The maximum absolute atomic E-state index is 12.4. The molecule has 8 heteroatoms. The molecule has 0 saturated heterocycles. The van der Waals surface area contributed by atoms with Gasteiger partial charge in [-0.2, -0.15) is 26.3 Å². The Morgan fingerprint density at radius 2 is 1.71 bits per heavy atom. The zero-order valence-electron chi connectivity index (χ0n) is 8.57. The van der Waals surface area contributed by atoms with E-state index in [1.807, 2.05) is 0 Å². The highest BCUT2D eigenvalue weighted by Crippen LogP contribution is 2.40. The molecule has 1 N–H and O–H groups in total. The first-order valence-corrected chi connectivity index (χ1v) is 5.16. The first-order valence-electron chi connectivity index (χ1n) is 5.16. The Morgan fingerprint density at radius 1 is 1.06 bits per heavy atom. The summed E-state index contributed by atoms with van der Waals surface area (Å²) >= 11 is 0. The number of rotatable bonds is 0. The molecule has 1 saturated carbocycles. The number of hydrogen-bond acceptors (Lipinski definition) is 2. The van der Waals surface area contributed by atoms with Gasteiger partial charge in [-0.25, -0.2) is 0 Å². The molecular weight excluding hydrogens is 250 g/mol.